The number of hydrogen-bond acceptors (Lipinski definition) is 6. The Morgan fingerprint density at radius 3 is 2.00 bits per heavy atom. The molecule has 150 valence electrons. The normalized spacial score (nSPS) is 14.4. The summed E-state index contributed by atoms with van der Waals surface area (Å²) in [5.41, 5.74) is 0. The van der Waals surface area contributed by atoms with Gasteiger partial charge in [0.05, 0.1) is 21.5 Å². The Hall–Kier alpha value is -0.660. The van der Waals surface area contributed by atoms with Gasteiger partial charge in [0, 0.05) is 5.97 Å². The van der Waals surface area contributed by atoms with Crippen LogP contribution in [0.15, 0.2) is 0 Å². The lowest BCUT2D eigenvalue weighted by Crippen LogP contribution is -2.26. The molecule has 6 nitrogen and oxygen atoms in total. The van der Waals surface area contributed by atoms with Crippen LogP contribution in [0.5, 0.6) is 0 Å². The SMILES string of the molecule is CCCCCCCC(O)CC(CCCCCCCC(=O)[O-])S(=O)(=O)[O-]. The summed E-state index contributed by atoms with van der Waals surface area (Å²) in [6, 6.07) is 0. The first-order chi connectivity index (χ1) is 11.8. The molecule has 0 bridgehead atoms. The highest BCUT2D eigenvalue weighted by Crippen LogP contribution is 2.19. The molecule has 0 aromatic heterocycles. The molecule has 7 heteroatoms. The third-order valence-corrected chi connectivity index (χ3v) is 5.74. The smallest absolute Gasteiger partial charge is 0.0976 e. The highest BCUT2D eigenvalue weighted by molar-refractivity contribution is 7.86. The molecule has 0 saturated carbocycles. The van der Waals surface area contributed by atoms with Gasteiger partial charge < -0.3 is 19.6 Å². The van der Waals surface area contributed by atoms with Gasteiger partial charge in [-0.05, 0) is 32.1 Å². The molecule has 0 heterocycles. The van der Waals surface area contributed by atoms with Crippen LogP contribution in [0.3, 0.4) is 0 Å². The average molecular weight is 379 g/mol. The lowest BCUT2D eigenvalue weighted by atomic mass is 10.0. The number of hydrogen-bond donors (Lipinski definition) is 1. The van der Waals surface area contributed by atoms with E-state index >= 15 is 0 Å². The minimum Gasteiger partial charge on any atom is -0.748 e. The summed E-state index contributed by atoms with van der Waals surface area (Å²) >= 11 is 0. The number of aliphatic carboxylic acids is 1. The molecule has 2 unspecified atom stereocenters. The quantitative estimate of drug-likeness (QED) is 0.307. The monoisotopic (exact) mass is 378 g/mol. The van der Waals surface area contributed by atoms with E-state index in [-0.39, 0.29) is 19.3 Å². The van der Waals surface area contributed by atoms with E-state index in [9.17, 15) is 28.0 Å². The number of carboxylic acid groups (broad SMARTS) is 1. The van der Waals surface area contributed by atoms with Crippen molar-refractivity contribution in [1.82, 2.24) is 0 Å². The van der Waals surface area contributed by atoms with E-state index in [0.29, 0.717) is 19.3 Å². The molecule has 0 aliphatic carbocycles. The summed E-state index contributed by atoms with van der Waals surface area (Å²) in [6.45, 7) is 2.13. The van der Waals surface area contributed by atoms with E-state index in [1.54, 1.807) is 0 Å². The zero-order valence-corrected chi connectivity index (χ0v) is 16.3. The van der Waals surface area contributed by atoms with Gasteiger partial charge in [-0.25, -0.2) is 8.42 Å². The first-order valence-corrected chi connectivity index (χ1v) is 11.1. The molecule has 0 fully saturated rings. The molecule has 0 aromatic rings. The molecule has 1 N–H and O–H groups in total. The Bertz CT molecular complexity index is 435. The molecule has 0 saturated heterocycles. The zero-order valence-electron chi connectivity index (χ0n) is 15.5. The van der Waals surface area contributed by atoms with Gasteiger partial charge in [-0.3, -0.25) is 0 Å². The van der Waals surface area contributed by atoms with Crippen molar-refractivity contribution in [2.24, 2.45) is 0 Å². The van der Waals surface area contributed by atoms with E-state index in [1.807, 2.05) is 0 Å². The van der Waals surface area contributed by atoms with E-state index in [1.165, 1.54) is 0 Å². The van der Waals surface area contributed by atoms with Gasteiger partial charge >= 0.3 is 0 Å². The van der Waals surface area contributed by atoms with Crippen LogP contribution in [-0.4, -0.2) is 35.4 Å². The molecule has 0 rings (SSSR count). The molecule has 0 aliphatic heterocycles. The molecular weight excluding hydrogens is 344 g/mol. The third-order valence-electron chi connectivity index (χ3n) is 4.49. The van der Waals surface area contributed by atoms with Gasteiger partial charge in [0.25, 0.3) is 0 Å². The third kappa shape index (κ3) is 15.3. The van der Waals surface area contributed by atoms with E-state index in [4.69, 9.17) is 0 Å². The number of aliphatic hydroxyl groups excluding tert-OH is 1. The maximum Gasteiger partial charge on any atom is 0.0976 e. The fourth-order valence-corrected chi connectivity index (χ4v) is 3.87. The largest absolute Gasteiger partial charge is 0.748 e. The van der Waals surface area contributed by atoms with Crippen molar-refractivity contribution < 1.29 is 28.0 Å². The van der Waals surface area contributed by atoms with Crippen LogP contribution in [-0.2, 0) is 14.9 Å². The van der Waals surface area contributed by atoms with Crippen molar-refractivity contribution in [3.8, 4) is 0 Å². The predicted molar refractivity (Wildman–Crippen MR) is 94.8 cm³/mol. The molecule has 0 radical (unpaired) electrons. The second-order valence-corrected chi connectivity index (χ2v) is 8.54. The van der Waals surface area contributed by atoms with Crippen LogP contribution >= 0.6 is 0 Å². The summed E-state index contributed by atoms with van der Waals surface area (Å²) < 4.78 is 34.2. The number of carbonyl (C=O) groups excluding carboxylic acids is 1. The van der Waals surface area contributed by atoms with Crippen molar-refractivity contribution >= 4 is 16.1 Å². The zero-order chi connectivity index (χ0) is 19.1. The number of carboxylic acids is 1. The Labute approximate surface area is 152 Å². The first-order valence-electron chi connectivity index (χ1n) is 9.60. The van der Waals surface area contributed by atoms with Gasteiger partial charge in [-0.15, -0.1) is 0 Å². The minimum absolute atomic E-state index is 0.0181. The molecule has 0 amide bonds. The van der Waals surface area contributed by atoms with Crippen LogP contribution in [0.2, 0.25) is 0 Å². The van der Waals surface area contributed by atoms with Crippen molar-refractivity contribution in [2.75, 3.05) is 0 Å². The van der Waals surface area contributed by atoms with E-state index in [2.05, 4.69) is 6.92 Å². The van der Waals surface area contributed by atoms with Crippen molar-refractivity contribution in [1.29, 1.82) is 0 Å². The second-order valence-electron chi connectivity index (χ2n) is 6.89. The molecule has 0 spiro atoms. The molecular formula is C18H34O6S-2. The van der Waals surface area contributed by atoms with Gasteiger partial charge in [0.2, 0.25) is 0 Å². The summed E-state index contributed by atoms with van der Waals surface area (Å²) in [5, 5.41) is 19.3. The highest BCUT2D eigenvalue weighted by Gasteiger charge is 2.20. The Morgan fingerprint density at radius 1 is 0.920 bits per heavy atom. The lowest BCUT2D eigenvalue weighted by molar-refractivity contribution is -0.305. The molecule has 0 aromatic carbocycles. The summed E-state index contributed by atoms with van der Waals surface area (Å²) in [4.78, 5) is 10.3. The lowest BCUT2D eigenvalue weighted by Gasteiger charge is -2.23. The summed E-state index contributed by atoms with van der Waals surface area (Å²) in [5.74, 6) is -1.05. The van der Waals surface area contributed by atoms with Gasteiger partial charge in [-0.1, -0.05) is 64.7 Å². The van der Waals surface area contributed by atoms with Crippen LogP contribution in [0.25, 0.3) is 0 Å². The minimum atomic E-state index is -4.40. The van der Waals surface area contributed by atoms with E-state index in [0.717, 1.165) is 51.4 Å². The number of rotatable bonds is 17. The van der Waals surface area contributed by atoms with Crippen molar-refractivity contribution in [3.05, 3.63) is 0 Å². The number of aliphatic hydroxyl groups is 1. The fraction of sp³-hybridized carbons (Fsp3) is 0.944. The summed E-state index contributed by atoms with van der Waals surface area (Å²) in [6.07, 6.45) is 8.89. The second kappa shape index (κ2) is 14.5. The Morgan fingerprint density at radius 2 is 1.44 bits per heavy atom. The van der Waals surface area contributed by atoms with Crippen molar-refractivity contribution in [2.45, 2.75) is 108 Å². The van der Waals surface area contributed by atoms with Crippen LogP contribution in [0, 0.1) is 0 Å². The highest BCUT2D eigenvalue weighted by atomic mass is 32.2. The van der Waals surface area contributed by atoms with Crippen LogP contribution in [0.4, 0.5) is 0 Å². The average Bonchev–Trinajstić information content (AvgIpc) is 2.51. The van der Waals surface area contributed by atoms with Crippen molar-refractivity contribution in [3.63, 3.8) is 0 Å². The molecule has 25 heavy (non-hydrogen) atoms. The van der Waals surface area contributed by atoms with Gasteiger partial charge in [0.15, 0.2) is 0 Å². The predicted octanol–water partition coefficient (Wildman–Crippen LogP) is 2.49. The van der Waals surface area contributed by atoms with Gasteiger partial charge in [0.1, 0.15) is 0 Å². The van der Waals surface area contributed by atoms with Gasteiger partial charge in [-0.2, -0.15) is 0 Å². The molecule has 2 atom stereocenters. The van der Waals surface area contributed by atoms with Crippen LogP contribution in [0.1, 0.15) is 96.8 Å². The Balaban J connectivity index is 3.99. The summed E-state index contributed by atoms with van der Waals surface area (Å²) in [7, 11) is -4.40. The standard InChI is InChI=1S/C18H36O6S/c1-2-3-4-6-9-12-16(19)15-17(25(22,23)24)13-10-7-5-8-11-14-18(20)21/h16-17,19H,2-15H2,1H3,(H,20,21)(H,22,23,24)/p-2. The van der Waals surface area contributed by atoms with Crippen LogP contribution < -0.4 is 5.11 Å². The molecule has 0 aliphatic rings. The Kier molecular flexibility index (Phi) is 14.1. The van der Waals surface area contributed by atoms with E-state index < -0.39 is 27.4 Å². The number of carbonyl (C=O) groups is 1. The first kappa shape index (κ1) is 24.3. The maximum atomic E-state index is 11.4. The maximum absolute atomic E-state index is 11.4. The fourth-order valence-electron chi connectivity index (χ4n) is 2.96. The topological polar surface area (TPSA) is 118 Å². The number of unbranched alkanes of at least 4 members (excludes halogenated alkanes) is 8.